The van der Waals surface area contributed by atoms with Gasteiger partial charge < -0.3 is 10.0 Å². The predicted molar refractivity (Wildman–Crippen MR) is 75.9 cm³/mol. The van der Waals surface area contributed by atoms with Crippen LogP contribution in [0.1, 0.15) is 31.4 Å². The second-order valence-electron chi connectivity index (χ2n) is 6.08. The second-order valence-corrected chi connectivity index (χ2v) is 6.08. The molecule has 0 fully saturated rings. The van der Waals surface area contributed by atoms with E-state index in [4.69, 9.17) is 0 Å². The lowest BCUT2D eigenvalue weighted by molar-refractivity contribution is -0.140. The lowest BCUT2D eigenvalue weighted by Gasteiger charge is -2.37. The number of aryl methyl sites for hydroxylation is 1. The Labute approximate surface area is 115 Å². The molecular weight excluding hydrogens is 238 g/mol. The van der Waals surface area contributed by atoms with Crippen molar-refractivity contribution in [2.45, 2.75) is 38.6 Å². The average molecular weight is 261 g/mol. The first kappa shape index (κ1) is 14.1. The van der Waals surface area contributed by atoms with Crippen molar-refractivity contribution < 1.29 is 9.90 Å². The summed E-state index contributed by atoms with van der Waals surface area (Å²) in [5.74, 6) is 0.194. The van der Waals surface area contributed by atoms with E-state index >= 15 is 0 Å². The fraction of sp³-hybridized carbons (Fsp3) is 0.562. The van der Waals surface area contributed by atoms with Crippen molar-refractivity contribution in [3.05, 3.63) is 35.4 Å². The largest absolute Gasteiger partial charge is 0.394 e. The average Bonchev–Trinajstić information content (AvgIpc) is 2.45. The molecule has 0 heterocycles. The van der Waals surface area contributed by atoms with Crippen LogP contribution in [0, 0.1) is 5.92 Å². The number of hydrogen-bond donors (Lipinski definition) is 1. The molecule has 1 aromatic carbocycles. The SMILES string of the molecule is CN(C(=O)C1CCc2ccccc2C1)C(C)(C)CO. The Bertz CT molecular complexity index is 468. The number of carbonyl (C=O) groups excluding carboxylic acids is 1. The molecule has 0 bridgehead atoms. The van der Waals surface area contributed by atoms with Gasteiger partial charge in [0.25, 0.3) is 0 Å². The number of hydrogen-bond acceptors (Lipinski definition) is 2. The van der Waals surface area contributed by atoms with Crippen LogP contribution < -0.4 is 0 Å². The number of benzene rings is 1. The first-order chi connectivity index (χ1) is 8.95. The van der Waals surface area contributed by atoms with Crippen molar-refractivity contribution in [2.75, 3.05) is 13.7 Å². The van der Waals surface area contributed by atoms with Gasteiger partial charge in [-0.3, -0.25) is 4.79 Å². The van der Waals surface area contributed by atoms with Gasteiger partial charge in [-0.15, -0.1) is 0 Å². The summed E-state index contributed by atoms with van der Waals surface area (Å²) in [5.41, 5.74) is 2.17. The Morgan fingerprint density at radius 1 is 1.37 bits per heavy atom. The molecule has 0 aromatic heterocycles. The first-order valence-corrected chi connectivity index (χ1v) is 6.91. The number of aliphatic hydroxyl groups excluding tert-OH is 1. The van der Waals surface area contributed by atoms with Crippen LogP contribution in [0.3, 0.4) is 0 Å². The Kier molecular flexibility index (Phi) is 3.95. The number of fused-ring (bicyclic) bond motifs is 1. The maximum atomic E-state index is 12.5. The zero-order valence-corrected chi connectivity index (χ0v) is 12.0. The minimum atomic E-state index is -0.492. The molecule has 0 saturated heterocycles. The third-order valence-electron chi connectivity index (χ3n) is 4.32. The van der Waals surface area contributed by atoms with Gasteiger partial charge in [0, 0.05) is 13.0 Å². The van der Waals surface area contributed by atoms with E-state index in [-0.39, 0.29) is 18.4 Å². The maximum absolute atomic E-state index is 12.5. The van der Waals surface area contributed by atoms with Gasteiger partial charge in [-0.05, 0) is 44.2 Å². The van der Waals surface area contributed by atoms with Crippen LogP contribution in [0.4, 0.5) is 0 Å². The number of amides is 1. The zero-order chi connectivity index (χ0) is 14.0. The lowest BCUT2D eigenvalue weighted by atomic mass is 9.82. The quantitative estimate of drug-likeness (QED) is 0.904. The van der Waals surface area contributed by atoms with Crippen molar-refractivity contribution in [3.63, 3.8) is 0 Å². The number of likely N-dealkylation sites (N-methyl/N-ethyl adjacent to an activating group) is 1. The minimum Gasteiger partial charge on any atom is -0.394 e. The molecule has 2 rings (SSSR count). The molecule has 1 aliphatic carbocycles. The van der Waals surface area contributed by atoms with E-state index < -0.39 is 5.54 Å². The Balaban J connectivity index is 2.11. The molecule has 1 amide bonds. The third-order valence-corrected chi connectivity index (χ3v) is 4.32. The van der Waals surface area contributed by atoms with Crippen LogP contribution >= 0.6 is 0 Å². The standard InChI is InChI=1S/C16H23NO2/c1-16(2,11-18)17(3)15(19)14-9-8-12-6-4-5-7-13(12)10-14/h4-7,14,18H,8-11H2,1-3H3. The van der Waals surface area contributed by atoms with Gasteiger partial charge in [0.05, 0.1) is 12.1 Å². The van der Waals surface area contributed by atoms with E-state index in [0.29, 0.717) is 0 Å². The van der Waals surface area contributed by atoms with Crippen LogP contribution in [-0.2, 0) is 17.6 Å². The smallest absolute Gasteiger partial charge is 0.226 e. The van der Waals surface area contributed by atoms with Gasteiger partial charge in [0.1, 0.15) is 0 Å². The van der Waals surface area contributed by atoms with Gasteiger partial charge in [0.15, 0.2) is 0 Å². The van der Waals surface area contributed by atoms with Crippen molar-refractivity contribution in [1.82, 2.24) is 4.90 Å². The summed E-state index contributed by atoms with van der Waals surface area (Å²) in [7, 11) is 1.79. The van der Waals surface area contributed by atoms with Crippen LogP contribution in [0.2, 0.25) is 0 Å². The van der Waals surface area contributed by atoms with Gasteiger partial charge >= 0.3 is 0 Å². The highest BCUT2D eigenvalue weighted by atomic mass is 16.3. The van der Waals surface area contributed by atoms with Crippen molar-refractivity contribution in [2.24, 2.45) is 5.92 Å². The third kappa shape index (κ3) is 2.81. The van der Waals surface area contributed by atoms with Crippen molar-refractivity contribution in [3.8, 4) is 0 Å². The maximum Gasteiger partial charge on any atom is 0.226 e. The summed E-state index contributed by atoms with van der Waals surface area (Å²) in [6.45, 7) is 3.77. The number of nitrogens with zero attached hydrogens (tertiary/aromatic N) is 1. The number of carbonyl (C=O) groups is 1. The Hall–Kier alpha value is -1.35. The predicted octanol–water partition coefficient (Wildman–Crippen LogP) is 2.02. The molecule has 1 unspecified atom stereocenters. The summed E-state index contributed by atoms with van der Waals surface area (Å²) < 4.78 is 0. The fourth-order valence-corrected chi connectivity index (χ4v) is 2.59. The molecule has 19 heavy (non-hydrogen) atoms. The van der Waals surface area contributed by atoms with E-state index in [0.717, 1.165) is 19.3 Å². The molecule has 1 aliphatic rings. The van der Waals surface area contributed by atoms with Gasteiger partial charge in [-0.1, -0.05) is 24.3 Å². The van der Waals surface area contributed by atoms with E-state index in [1.165, 1.54) is 11.1 Å². The highest BCUT2D eigenvalue weighted by molar-refractivity contribution is 5.80. The van der Waals surface area contributed by atoms with E-state index in [1.807, 2.05) is 19.9 Å². The summed E-state index contributed by atoms with van der Waals surface area (Å²) in [5, 5.41) is 9.38. The number of rotatable bonds is 3. The Morgan fingerprint density at radius 2 is 2.00 bits per heavy atom. The number of aliphatic hydroxyl groups is 1. The van der Waals surface area contributed by atoms with E-state index in [1.54, 1.807) is 11.9 Å². The molecule has 1 aromatic rings. The summed E-state index contributed by atoms with van der Waals surface area (Å²) >= 11 is 0. The van der Waals surface area contributed by atoms with Crippen LogP contribution in [-0.4, -0.2) is 35.1 Å². The first-order valence-electron chi connectivity index (χ1n) is 6.91. The summed E-state index contributed by atoms with van der Waals surface area (Å²) in [6.07, 6.45) is 2.70. The zero-order valence-electron chi connectivity index (χ0n) is 12.0. The van der Waals surface area contributed by atoms with E-state index in [9.17, 15) is 9.90 Å². The molecule has 1 atom stereocenters. The second kappa shape index (κ2) is 5.33. The molecule has 1 N–H and O–H groups in total. The Morgan fingerprint density at radius 3 is 2.63 bits per heavy atom. The van der Waals surface area contributed by atoms with Gasteiger partial charge in [-0.2, -0.15) is 0 Å². The molecule has 0 radical (unpaired) electrons. The van der Waals surface area contributed by atoms with E-state index in [2.05, 4.69) is 18.2 Å². The van der Waals surface area contributed by atoms with Crippen molar-refractivity contribution in [1.29, 1.82) is 0 Å². The fourth-order valence-electron chi connectivity index (χ4n) is 2.59. The minimum absolute atomic E-state index is 0.0153. The highest BCUT2D eigenvalue weighted by Gasteiger charge is 2.33. The normalized spacial score (nSPS) is 18.8. The van der Waals surface area contributed by atoms with Crippen molar-refractivity contribution >= 4 is 5.91 Å². The highest BCUT2D eigenvalue weighted by Crippen LogP contribution is 2.28. The molecular formula is C16H23NO2. The van der Waals surface area contributed by atoms with Crippen LogP contribution in [0.5, 0.6) is 0 Å². The monoisotopic (exact) mass is 261 g/mol. The molecule has 3 nitrogen and oxygen atoms in total. The molecule has 104 valence electrons. The van der Waals surface area contributed by atoms with Crippen LogP contribution in [0.25, 0.3) is 0 Å². The molecule has 0 spiro atoms. The lowest BCUT2D eigenvalue weighted by Crippen LogP contribution is -2.50. The van der Waals surface area contributed by atoms with Gasteiger partial charge in [-0.25, -0.2) is 0 Å². The van der Waals surface area contributed by atoms with Gasteiger partial charge in [0.2, 0.25) is 5.91 Å². The van der Waals surface area contributed by atoms with Crippen LogP contribution in [0.15, 0.2) is 24.3 Å². The molecule has 0 aliphatic heterocycles. The topological polar surface area (TPSA) is 40.5 Å². The summed E-state index contributed by atoms with van der Waals surface area (Å²) in [4.78, 5) is 14.2. The molecule has 0 saturated carbocycles. The summed E-state index contributed by atoms with van der Waals surface area (Å²) in [6, 6.07) is 8.36. The molecule has 3 heteroatoms.